The topological polar surface area (TPSA) is 36.4 Å². The number of benzene rings is 1. The molecule has 0 radical (unpaired) electrons. The molecule has 3 unspecified atom stereocenters. The van der Waals surface area contributed by atoms with Crippen LogP contribution in [0.4, 0.5) is 0 Å². The summed E-state index contributed by atoms with van der Waals surface area (Å²) in [5, 5.41) is 6.86. The van der Waals surface area contributed by atoms with Gasteiger partial charge in [-0.05, 0) is 30.7 Å². The summed E-state index contributed by atoms with van der Waals surface area (Å²) >= 11 is 0. The normalized spacial score (nSPS) is 22.7. The molecule has 0 aromatic heterocycles. The second kappa shape index (κ2) is 7.86. The molecule has 112 valence electrons. The molecule has 1 aliphatic rings. The van der Waals surface area contributed by atoms with Gasteiger partial charge in [0, 0.05) is 19.6 Å². The highest BCUT2D eigenvalue weighted by atomic mass is 127. The van der Waals surface area contributed by atoms with Crippen LogP contribution in [0.25, 0.3) is 0 Å². The van der Waals surface area contributed by atoms with Gasteiger partial charge in [0.25, 0.3) is 0 Å². The fourth-order valence-corrected chi connectivity index (χ4v) is 2.16. The first kappa shape index (κ1) is 17.3. The zero-order valence-electron chi connectivity index (χ0n) is 12.8. The van der Waals surface area contributed by atoms with Gasteiger partial charge in [-0.2, -0.15) is 0 Å². The fraction of sp³-hybridized carbons (Fsp3) is 0.562. The lowest BCUT2D eigenvalue weighted by Crippen LogP contribution is -2.40. The van der Waals surface area contributed by atoms with Crippen molar-refractivity contribution in [3.05, 3.63) is 35.4 Å². The summed E-state index contributed by atoms with van der Waals surface area (Å²) in [5.74, 6) is 2.19. The van der Waals surface area contributed by atoms with E-state index in [-0.39, 0.29) is 24.0 Å². The number of halogens is 1. The van der Waals surface area contributed by atoms with Crippen LogP contribution in [0, 0.1) is 12.8 Å². The van der Waals surface area contributed by atoms with Gasteiger partial charge < -0.3 is 10.6 Å². The highest BCUT2D eigenvalue weighted by Crippen LogP contribution is 2.28. The van der Waals surface area contributed by atoms with E-state index in [1.807, 2.05) is 7.05 Å². The third-order valence-electron chi connectivity index (χ3n) is 3.88. The minimum Gasteiger partial charge on any atom is -0.356 e. The predicted octanol–water partition coefficient (Wildman–Crippen LogP) is 3.29. The summed E-state index contributed by atoms with van der Waals surface area (Å²) in [6.45, 7) is 7.53. The van der Waals surface area contributed by atoms with Gasteiger partial charge in [0.15, 0.2) is 5.96 Å². The lowest BCUT2D eigenvalue weighted by molar-refractivity contribution is 0.691. The maximum Gasteiger partial charge on any atom is 0.191 e. The summed E-state index contributed by atoms with van der Waals surface area (Å²) in [6, 6.07) is 9.37. The first-order valence-electron chi connectivity index (χ1n) is 7.14. The summed E-state index contributed by atoms with van der Waals surface area (Å²) in [4.78, 5) is 4.28. The molecule has 1 aromatic rings. The maximum absolute atomic E-state index is 4.28. The van der Waals surface area contributed by atoms with E-state index in [2.05, 4.69) is 60.7 Å². The van der Waals surface area contributed by atoms with Crippen molar-refractivity contribution in [3.63, 3.8) is 0 Å². The molecule has 1 fully saturated rings. The molecule has 1 saturated carbocycles. The Hall–Kier alpha value is -0.780. The van der Waals surface area contributed by atoms with E-state index >= 15 is 0 Å². The van der Waals surface area contributed by atoms with Gasteiger partial charge >= 0.3 is 0 Å². The highest BCUT2D eigenvalue weighted by Gasteiger charge is 2.33. The third kappa shape index (κ3) is 4.96. The zero-order valence-corrected chi connectivity index (χ0v) is 15.1. The average molecular weight is 387 g/mol. The van der Waals surface area contributed by atoms with E-state index in [0.717, 1.165) is 18.4 Å². The molecule has 0 spiro atoms. The van der Waals surface area contributed by atoms with Gasteiger partial charge in [-0.15, -0.1) is 24.0 Å². The SMILES string of the molecule is CN=C(NCC(C)c1ccc(C)cc1)NC1CC1C.I. The minimum atomic E-state index is 0. The largest absolute Gasteiger partial charge is 0.356 e. The van der Waals surface area contributed by atoms with Gasteiger partial charge in [-0.3, -0.25) is 4.99 Å². The molecule has 0 amide bonds. The summed E-state index contributed by atoms with van der Waals surface area (Å²) in [7, 11) is 1.83. The zero-order chi connectivity index (χ0) is 13.8. The Morgan fingerprint density at radius 2 is 1.95 bits per heavy atom. The molecule has 2 rings (SSSR count). The van der Waals surface area contributed by atoms with Crippen LogP contribution < -0.4 is 10.6 Å². The quantitative estimate of drug-likeness (QED) is 0.473. The molecule has 0 bridgehead atoms. The van der Waals surface area contributed by atoms with Crippen molar-refractivity contribution >= 4 is 29.9 Å². The van der Waals surface area contributed by atoms with Crippen molar-refractivity contribution < 1.29 is 0 Å². The van der Waals surface area contributed by atoms with Crippen molar-refractivity contribution in [2.75, 3.05) is 13.6 Å². The van der Waals surface area contributed by atoms with E-state index in [0.29, 0.717) is 12.0 Å². The van der Waals surface area contributed by atoms with E-state index in [1.165, 1.54) is 17.5 Å². The molecule has 2 N–H and O–H groups in total. The number of aryl methyl sites for hydroxylation is 1. The van der Waals surface area contributed by atoms with Crippen LogP contribution in [0.5, 0.6) is 0 Å². The first-order valence-corrected chi connectivity index (χ1v) is 7.14. The molecule has 4 heteroatoms. The van der Waals surface area contributed by atoms with Crippen molar-refractivity contribution in [2.45, 2.75) is 39.2 Å². The van der Waals surface area contributed by atoms with Crippen LogP contribution in [0.3, 0.4) is 0 Å². The van der Waals surface area contributed by atoms with Crippen molar-refractivity contribution in [1.29, 1.82) is 0 Å². The average Bonchev–Trinajstić information content (AvgIpc) is 3.10. The molecule has 0 aliphatic heterocycles. The third-order valence-corrected chi connectivity index (χ3v) is 3.88. The van der Waals surface area contributed by atoms with Gasteiger partial charge in [0.1, 0.15) is 0 Å². The Bertz CT molecular complexity index is 442. The van der Waals surface area contributed by atoms with Crippen LogP contribution in [0.2, 0.25) is 0 Å². The summed E-state index contributed by atoms with van der Waals surface area (Å²) < 4.78 is 0. The second-order valence-corrected chi connectivity index (χ2v) is 5.73. The number of nitrogens with one attached hydrogen (secondary N) is 2. The predicted molar refractivity (Wildman–Crippen MR) is 97.1 cm³/mol. The lowest BCUT2D eigenvalue weighted by Gasteiger charge is -2.16. The number of hydrogen-bond donors (Lipinski definition) is 2. The number of guanidine groups is 1. The molecule has 1 aliphatic carbocycles. The van der Waals surface area contributed by atoms with E-state index in [1.54, 1.807) is 0 Å². The Kier molecular flexibility index (Phi) is 6.79. The Balaban J connectivity index is 0.00000200. The fourth-order valence-electron chi connectivity index (χ4n) is 2.16. The van der Waals surface area contributed by atoms with Crippen LogP contribution in [0.1, 0.15) is 37.3 Å². The van der Waals surface area contributed by atoms with Crippen LogP contribution in [-0.4, -0.2) is 25.6 Å². The van der Waals surface area contributed by atoms with Gasteiger partial charge in [0.05, 0.1) is 0 Å². The Labute approximate surface area is 139 Å². The molecule has 3 atom stereocenters. The minimum absolute atomic E-state index is 0. The van der Waals surface area contributed by atoms with Gasteiger partial charge in [0.2, 0.25) is 0 Å². The molecular formula is C16H26IN3. The lowest BCUT2D eigenvalue weighted by atomic mass is 10.0. The summed E-state index contributed by atoms with van der Waals surface area (Å²) in [5.41, 5.74) is 2.68. The molecule has 1 aromatic carbocycles. The number of aliphatic imine (C=N–C) groups is 1. The highest BCUT2D eigenvalue weighted by molar-refractivity contribution is 14.0. The van der Waals surface area contributed by atoms with Crippen LogP contribution in [-0.2, 0) is 0 Å². The molecule has 3 nitrogen and oxygen atoms in total. The van der Waals surface area contributed by atoms with Crippen LogP contribution >= 0.6 is 24.0 Å². The molecule has 0 heterocycles. The van der Waals surface area contributed by atoms with Crippen molar-refractivity contribution in [2.24, 2.45) is 10.9 Å². The van der Waals surface area contributed by atoms with E-state index in [9.17, 15) is 0 Å². The van der Waals surface area contributed by atoms with Crippen molar-refractivity contribution in [3.8, 4) is 0 Å². The smallest absolute Gasteiger partial charge is 0.191 e. The van der Waals surface area contributed by atoms with Gasteiger partial charge in [-0.1, -0.05) is 43.7 Å². The first-order chi connectivity index (χ1) is 9.10. The van der Waals surface area contributed by atoms with Crippen LogP contribution in [0.15, 0.2) is 29.3 Å². The van der Waals surface area contributed by atoms with E-state index in [4.69, 9.17) is 0 Å². The van der Waals surface area contributed by atoms with Crippen molar-refractivity contribution in [1.82, 2.24) is 10.6 Å². The standard InChI is InChI=1S/C16H25N3.HI/c1-11-5-7-14(8-6-11)13(3)10-18-16(17-4)19-15-9-12(15)2;/h5-8,12-13,15H,9-10H2,1-4H3,(H2,17,18,19);1H. The second-order valence-electron chi connectivity index (χ2n) is 5.73. The molecule has 0 saturated heterocycles. The number of hydrogen-bond acceptors (Lipinski definition) is 1. The molecular weight excluding hydrogens is 361 g/mol. The Morgan fingerprint density at radius 1 is 1.35 bits per heavy atom. The number of nitrogens with zero attached hydrogens (tertiary/aromatic N) is 1. The summed E-state index contributed by atoms with van der Waals surface area (Å²) in [6.07, 6.45) is 1.26. The maximum atomic E-state index is 4.28. The Morgan fingerprint density at radius 3 is 2.45 bits per heavy atom. The molecule has 20 heavy (non-hydrogen) atoms. The monoisotopic (exact) mass is 387 g/mol. The number of rotatable bonds is 4. The van der Waals surface area contributed by atoms with E-state index < -0.39 is 0 Å². The van der Waals surface area contributed by atoms with Gasteiger partial charge in [-0.25, -0.2) is 0 Å².